The van der Waals surface area contributed by atoms with Crippen LogP contribution < -0.4 is 5.32 Å². The lowest BCUT2D eigenvalue weighted by Crippen LogP contribution is -2.47. The predicted octanol–water partition coefficient (Wildman–Crippen LogP) is 3.44. The van der Waals surface area contributed by atoms with Gasteiger partial charge in [0, 0.05) is 43.5 Å². The number of carbonyl (C=O) groups excluding carboxylic acids is 1. The van der Waals surface area contributed by atoms with Crippen molar-refractivity contribution in [2.24, 2.45) is 5.92 Å². The number of anilines is 1. The molecule has 156 valence electrons. The quantitative estimate of drug-likeness (QED) is 0.679. The van der Waals surface area contributed by atoms with Gasteiger partial charge in [-0.15, -0.1) is 11.8 Å². The highest BCUT2D eigenvalue weighted by Gasteiger charge is 2.33. The minimum Gasteiger partial charge on any atom is -0.326 e. The van der Waals surface area contributed by atoms with Gasteiger partial charge in [0.15, 0.2) is 0 Å². The number of rotatable bonds is 7. The van der Waals surface area contributed by atoms with Crippen molar-refractivity contribution in [1.82, 2.24) is 8.61 Å². The van der Waals surface area contributed by atoms with E-state index < -0.39 is 10.2 Å². The molecular formula is C21H27N3O3S2. The van der Waals surface area contributed by atoms with Crippen molar-refractivity contribution in [3.8, 4) is 0 Å². The molecule has 2 aromatic carbocycles. The van der Waals surface area contributed by atoms with E-state index in [0.717, 1.165) is 11.4 Å². The Kier molecular flexibility index (Phi) is 7.34. The minimum absolute atomic E-state index is 0.130. The molecule has 1 heterocycles. The predicted molar refractivity (Wildman–Crippen MR) is 118 cm³/mol. The minimum atomic E-state index is -3.49. The highest BCUT2D eigenvalue weighted by Crippen LogP contribution is 2.24. The number of piperidine rings is 1. The summed E-state index contributed by atoms with van der Waals surface area (Å²) in [7, 11) is -0.469. The second kappa shape index (κ2) is 9.75. The second-order valence-electron chi connectivity index (χ2n) is 7.28. The zero-order valence-corrected chi connectivity index (χ0v) is 18.4. The molecule has 2 aromatic rings. The Labute approximate surface area is 177 Å². The van der Waals surface area contributed by atoms with Crippen LogP contribution in [-0.4, -0.2) is 50.1 Å². The zero-order chi connectivity index (χ0) is 20.9. The van der Waals surface area contributed by atoms with E-state index in [1.165, 1.54) is 33.2 Å². The first kappa shape index (κ1) is 21.8. The van der Waals surface area contributed by atoms with Gasteiger partial charge in [0.2, 0.25) is 5.91 Å². The number of carbonyl (C=O) groups is 1. The van der Waals surface area contributed by atoms with Gasteiger partial charge in [-0.3, -0.25) is 4.79 Å². The molecule has 1 amide bonds. The van der Waals surface area contributed by atoms with Crippen LogP contribution in [0.1, 0.15) is 18.4 Å². The molecule has 1 N–H and O–H groups in total. The monoisotopic (exact) mass is 433 g/mol. The Morgan fingerprint density at radius 2 is 1.83 bits per heavy atom. The Hall–Kier alpha value is -1.87. The maximum absolute atomic E-state index is 12.7. The van der Waals surface area contributed by atoms with Crippen LogP contribution in [0.15, 0.2) is 59.5 Å². The lowest BCUT2D eigenvalue weighted by molar-refractivity contribution is -0.120. The maximum atomic E-state index is 12.7. The fourth-order valence-electron chi connectivity index (χ4n) is 3.21. The fraction of sp³-hybridized carbons (Fsp3) is 0.381. The van der Waals surface area contributed by atoms with Crippen LogP contribution in [0.25, 0.3) is 0 Å². The molecular weight excluding hydrogens is 406 g/mol. The summed E-state index contributed by atoms with van der Waals surface area (Å²) in [6, 6.07) is 18.0. The van der Waals surface area contributed by atoms with E-state index in [0.29, 0.717) is 19.4 Å². The molecule has 8 heteroatoms. The van der Waals surface area contributed by atoms with Crippen molar-refractivity contribution in [3.05, 3.63) is 60.2 Å². The second-order valence-corrected chi connectivity index (χ2v) is 10.5. The number of thioether (sulfide) groups is 1. The summed E-state index contributed by atoms with van der Waals surface area (Å²) in [5, 5.41) is 2.93. The Bertz CT molecular complexity index is 916. The van der Waals surface area contributed by atoms with Crippen LogP contribution in [0.2, 0.25) is 0 Å². The molecule has 0 radical (unpaired) electrons. The lowest BCUT2D eigenvalue weighted by atomic mass is 9.98. The molecule has 3 rings (SSSR count). The van der Waals surface area contributed by atoms with Crippen molar-refractivity contribution in [3.63, 3.8) is 0 Å². The summed E-state index contributed by atoms with van der Waals surface area (Å²) >= 11 is 1.77. The van der Waals surface area contributed by atoms with Gasteiger partial charge in [0.1, 0.15) is 0 Å². The third-order valence-corrected chi connectivity index (χ3v) is 7.90. The van der Waals surface area contributed by atoms with E-state index >= 15 is 0 Å². The van der Waals surface area contributed by atoms with Crippen molar-refractivity contribution >= 4 is 33.6 Å². The van der Waals surface area contributed by atoms with Gasteiger partial charge in [-0.1, -0.05) is 30.3 Å². The first-order valence-electron chi connectivity index (χ1n) is 9.61. The van der Waals surface area contributed by atoms with Gasteiger partial charge in [-0.25, -0.2) is 0 Å². The summed E-state index contributed by atoms with van der Waals surface area (Å²) < 4.78 is 27.3. The molecule has 1 saturated heterocycles. The fourth-order valence-corrected chi connectivity index (χ4v) is 5.27. The van der Waals surface area contributed by atoms with Crippen LogP contribution in [0.3, 0.4) is 0 Å². The smallest absolute Gasteiger partial charge is 0.281 e. The van der Waals surface area contributed by atoms with E-state index in [2.05, 4.69) is 17.4 Å². The number of hydrogen-bond donors (Lipinski definition) is 1. The van der Waals surface area contributed by atoms with Crippen LogP contribution in [0.4, 0.5) is 5.69 Å². The molecule has 0 aliphatic carbocycles. The molecule has 29 heavy (non-hydrogen) atoms. The van der Waals surface area contributed by atoms with Crippen molar-refractivity contribution in [1.29, 1.82) is 0 Å². The van der Waals surface area contributed by atoms with Gasteiger partial charge in [-0.05, 0) is 42.7 Å². The van der Waals surface area contributed by atoms with Gasteiger partial charge >= 0.3 is 0 Å². The molecule has 1 aliphatic heterocycles. The molecule has 0 saturated carbocycles. The first-order chi connectivity index (χ1) is 13.9. The zero-order valence-electron chi connectivity index (χ0n) is 16.7. The normalized spacial score (nSPS) is 18.0. The van der Waals surface area contributed by atoms with Crippen molar-refractivity contribution in [2.75, 3.05) is 32.5 Å². The van der Waals surface area contributed by atoms with Crippen LogP contribution in [0.5, 0.6) is 0 Å². The third-order valence-electron chi connectivity index (χ3n) is 4.91. The number of benzene rings is 2. The summed E-state index contributed by atoms with van der Waals surface area (Å²) in [5.74, 6) is 0.389. The standard InChI is InChI=1S/C21H27N3O3S2/c1-23(2)29(26,27)24-14-6-7-18(15-24)21(25)22-19-12-10-17(11-13-19)16-28-20-8-4-3-5-9-20/h3-5,8-13,18H,6-7,14-16H2,1-2H3,(H,22,25)/t18-/m1/s1. The summed E-state index contributed by atoms with van der Waals surface area (Å²) in [4.78, 5) is 13.9. The number of nitrogens with zero attached hydrogens (tertiary/aromatic N) is 2. The van der Waals surface area contributed by atoms with Gasteiger partial charge in [0.05, 0.1) is 5.92 Å². The summed E-state index contributed by atoms with van der Waals surface area (Å²) in [5.41, 5.74) is 1.91. The van der Waals surface area contributed by atoms with Crippen molar-refractivity contribution < 1.29 is 13.2 Å². The van der Waals surface area contributed by atoms with E-state index in [-0.39, 0.29) is 18.4 Å². The third kappa shape index (κ3) is 5.82. The van der Waals surface area contributed by atoms with Gasteiger partial charge in [0.25, 0.3) is 10.2 Å². The molecule has 1 fully saturated rings. The first-order valence-corrected chi connectivity index (χ1v) is 12.0. The van der Waals surface area contributed by atoms with Crippen LogP contribution >= 0.6 is 11.8 Å². The van der Waals surface area contributed by atoms with E-state index in [4.69, 9.17) is 0 Å². The number of amides is 1. The van der Waals surface area contributed by atoms with Gasteiger partial charge in [-0.2, -0.15) is 17.0 Å². The molecule has 0 bridgehead atoms. The maximum Gasteiger partial charge on any atom is 0.281 e. The molecule has 6 nitrogen and oxygen atoms in total. The Morgan fingerprint density at radius 3 is 2.48 bits per heavy atom. The Morgan fingerprint density at radius 1 is 1.14 bits per heavy atom. The van der Waals surface area contributed by atoms with Crippen molar-refractivity contribution in [2.45, 2.75) is 23.5 Å². The topological polar surface area (TPSA) is 69.7 Å². The van der Waals surface area contributed by atoms with E-state index in [9.17, 15) is 13.2 Å². The SMILES string of the molecule is CN(C)S(=O)(=O)N1CCC[C@@H](C(=O)Nc2ccc(CSc3ccccc3)cc2)C1. The average Bonchev–Trinajstić information content (AvgIpc) is 2.74. The lowest BCUT2D eigenvalue weighted by Gasteiger charge is -2.32. The van der Waals surface area contributed by atoms with E-state index in [1.807, 2.05) is 42.5 Å². The van der Waals surface area contributed by atoms with Crippen LogP contribution in [-0.2, 0) is 20.8 Å². The van der Waals surface area contributed by atoms with Crippen LogP contribution in [0, 0.1) is 5.92 Å². The van der Waals surface area contributed by atoms with Gasteiger partial charge < -0.3 is 5.32 Å². The van der Waals surface area contributed by atoms with E-state index in [1.54, 1.807) is 11.8 Å². The summed E-state index contributed by atoms with van der Waals surface area (Å²) in [6.07, 6.45) is 1.37. The Balaban J connectivity index is 1.55. The average molecular weight is 434 g/mol. The number of nitrogens with one attached hydrogen (secondary N) is 1. The highest BCUT2D eigenvalue weighted by atomic mass is 32.2. The molecule has 1 aliphatic rings. The molecule has 1 atom stereocenters. The molecule has 0 aromatic heterocycles. The summed E-state index contributed by atoms with van der Waals surface area (Å²) in [6.45, 7) is 0.677. The number of hydrogen-bond acceptors (Lipinski definition) is 4. The highest BCUT2D eigenvalue weighted by molar-refractivity contribution is 7.98. The molecule has 0 spiro atoms. The largest absolute Gasteiger partial charge is 0.326 e. The molecule has 0 unspecified atom stereocenters.